The summed E-state index contributed by atoms with van der Waals surface area (Å²) in [4.78, 5) is 47.8. The molecule has 0 bridgehead atoms. The number of nitrogens with zero attached hydrogens (tertiary/aromatic N) is 1. The highest BCUT2D eigenvalue weighted by Gasteiger charge is 2.20. The number of hydrogen-bond donors (Lipinski definition) is 4. The third kappa shape index (κ3) is 16.5. The lowest BCUT2D eigenvalue weighted by Gasteiger charge is -2.20. The molecule has 38 heavy (non-hydrogen) atoms. The fourth-order valence-electron chi connectivity index (χ4n) is 3.10. The highest BCUT2D eigenvalue weighted by molar-refractivity contribution is 5.97. The van der Waals surface area contributed by atoms with Crippen LogP contribution in [-0.4, -0.2) is 78.8 Å². The smallest absolute Gasteiger partial charge is 0.408 e. The van der Waals surface area contributed by atoms with E-state index in [0.29, 0.717) is 24.8 Å². The number of hydrogen-bond acceptors (Lipinski definition) is 8. The maximum atomic E-state index is 12.1. The molecule has 2 atom stereocenters. The minimum atomic E-state index is -0.809. The molecule has 0 spiro atoms. The third-order valence-corrected chi connectivity index (χ3v) is 4.98. The van der Waals surface area contributed by atoms with Gasteiger partial charge in [-0.15, -0.1) is 0 Å². The number of amides is 3. The van der Waals surface area contributed by atoms with E-state index in [1.54, 1.807) is 45.0 Å². The number of carbonyl (C=O) groups is 4. The van der Waals surface area contributed by atoms with Gasteiger partial charge in [0.05, 0.1) is 6.61 Å². The number of ether oxygens (including phenoxy) is 2. The van der Waals surface area contributed by atoms with Crippen LogP contribution in [0.1, 0.15) is 66.4 Å². The Balaban J connectivity index is 0.00000103. The molecular weight excluding hydrogens is 492 g/mol. The second kappa shape index (κ2) is 19.0. The van der Waals surface area contributed by atoms with Crippen molar-refractivity contribution < 1.29 is 33.8 Å². The van der Waals surface area contributed by atoms with Crippen LogP contribution in [0.3, 0.4) is 0 Å². The molecule has 11 nitrogen and oxygen atoms in total. The zero-order chi connectivity index (χ0) is 29.1. The summed E-state index contributed by atoms with van der Waals surface area (Å²) >= 11 is 0. The molecule has 0 aromatic heterocycles. The molecular formula is C27H46N4O7. The maximum Gasteiger partial charge on any atom is 0.408 e. The van der Waals surface area contributed by atoms with Gasteiger partial charge in [0.15, 0.2) is 0 Å². The van der Waals surface area contributed by atoms with Gasteiger partial charge in [-0.05, 0) is 71.8 Å². The largest absolute Gasteiger partial charge is 0.463 e. The first-order valence-corrected chi connectivity index (χ1v) is 12.9. The Morgan fingerprint density at radius 2 is 1.79 bits per heavy atom. The second-order valence-electron chi connectivity index (χ2n) is 9.90. The minimum absolute atomic E-state index is 0.148. The first kappa shape index (κ1) is 34.8. The van der Waals surface area contributed by atoms with E-state index in [0.717, 1.165) is 12.1 Å². The topological polar surface area (TPSA) is 146 Å². The molecule has 216 valence electrons. The monoisotopic (exact) mass is 538 g/mol. The van der Waals surface area contributed by atoms with E-state index >= 15 is 0 Å². The Kier molecular flexibility index (Phi) is 17.4. The lowest BCUT2D eigenvalue weighted by atomic mass is 10.2. The van der Waals surface area contributed by atoms with Gasteiger partial charge in [0.25, 0.3) is 6.47 Å². The van der Waals surface area contributed by atoms with Gasteiger partial charge in [-0.2, -0.15) is 0 Å². The fraction of sp³-hybridized carbons (Fsp3) is 0.630. The van der Waals surface area contributed by atoms with Crippen LogP contribution in [0, 0.1) is 0 Å². The molecule has 3 amide bonds. The molecule has 1 aliphatic heterocycles. The molecule has 0 radical (unpaired) electrons. The van der Waals surface area contributed by atoms with Gasteiger partial charge in [-0.1, -0.05) is 32.4 Å². The Hall–Kier alpha value is -3.18. The zero-order valence-corrected chi connectivity index (χ0v) is 23.8. The van der Waals surface area contributed by atoms with Crippen LogP contribution < -0.4 is 16.0 Å². The van der Waals surface area contributed by atoms with Gasteiger partial charge in [-0.3, -0.25) is 14.4 Å². The predicted octanol–water partition coefficient (Wildman–Crippen LogP) is 2.82. The number of nitrogens with one attached hydrogen (secondary N) is 3. The van der Waals surface area contributed by atoms with Crippen molar-refractivity contribution in [3.05, 3.63) is 29.8 Å². The summed E-state index contributed by atoms with van der Waals surface area (Å²) in [6.45, 7) is 12.6. The molecule has 1 aromatic rings. The van der Waals surface area contributed by atoms with E-state index in [1.165, 1.54) is 26.2 Å². The summed E-state index contributed by atoms with van der Waals surface area (Å²) in [5.41, 5.74) is 0.639. The number of carbonyl (C=O) groups excluding carboxylic acids is 4. The van der Waals surface area contributed by atoms with Crippen LogP contribution in [0.2, 0.25) is 0 Å². The van der Waals surface area contributed by atoms with Crippen molar-refractivity contribution >= 4 is 30.1 Å². The molecule has 2 rings (SSSR count). The normalized spacial score (nSPS) is 15.4. The predicted molar refractivity (Wildman–Crippen MR) is 146 cm³/mol. The quantitative estimate of drug-likeness (QED) is 0.351. The molecule has 1 heterocycles. The van der Waals surface area contributed by atoms with Gasteiger partial charge in [0, 0.05) is 11.7 Å². The number of anilines is 1. The molecule has 0 saturated carbocycles. The van der Waals surface area contributed by atoms with Gasteiger partial charge in [0.1, 0.15) is 24.8 Å². The van der Waals surface area contributed by atoms with E-state index in [4.69, 9.17) is 9.84 Å². The lowest BCUT2D eigenvalue weighted by molar-refractivity contribution is -0.129. The number of aliphatic hydroxyl groups is 1. The first-order chi connectivity index (χ1) is 17.9. The van der Waals surface area contributed by atoms with Crippen molar-refractivity contribution in [1.29, 1.82) is 0 Å². The summed E-state index contributed by atoms with van der Waals surface area (Å²) in [6.07, 6.45) is 2.96. The van der Waals surface area contributed by atoms with E-state index in [1.807, 2.05) is 0 Å². The summed E-state index contributed by atoms with van der Waals surface area (Å²) in [7, 11) is 2.06. The van der Waals surface area contributed by atoms with Crippen LogP contribution in [-0.2, 0) is 30.5 Å². The van der Waals surface area contributed by atoms with Crippen molar-refractivity contribution in [1.82, 2.24) is 15.5 Å². The average molecular weight is 539 g/mol. The Labute approximate surface area is 226 Å². The Morgan fingerprint density at radius 3 is 2.24 bits per heavy atom. The summed E-state index contributed by atoms with van der Waals surface area (Å²) in [5.74, 6) is -0.942. The van der Waals surface area contributed by atoms with Crippen molar-refractivity contribution in [3.8, 4) is 0 Å². The van der Waals surface area contributed by atoms with Crippen LogP contribution in [0.25, 0.3) is 0 Å². The first-order valence-electron chi connectivity index (χ1n) is 12.9. The van der Waals surface area contributed by atoms with Crippen LogP contribution in [0.4, 0.5) is 10.5 Å². The molecule has 11 heteroatoms. The summed E-state index contributed by atoms with van der Waals surface area (Å²) in [5, 5.41) is 16.1. The average Bonchev–Trinajstić information content (AvgIpc) is 3.27. The zero-order valence-electron chi connectivity index (χ0n) is 23.8. The highest BCUT2D eigenvalue weighted by atomic mass is 16.6. The van der Waals surface area contributed by atoms with E-state index < -0.39 is 29.6 Å². The van der Waals surface area contributed by atoms with Crippen LogP contribution in [0.5, 0.6) is 0 Å². The second-order valence-corrected chi connectivity index (χ2v) is 9.90. The van der Waals surface area contributed by atoms with E-state index in [-0.39, 0.29) is 13.2 Å². The van der Waals surface area contributed by atoms with Gasteiger partial charge in [-0.25, -0.2) is 4.79 Å². The highest BCUT2D eigenvalue weighted by Crippen LogP contribution is 2.13. The van der Waals surface area contributed by atoms with Gasteiger partial charge >= 0.3 is 6.09 Å². The molecule has 1 unspecified atom stereocenters. The van der Waals surface area contributed by atoms with E-state index in [2.05, 4.69) is 46.5 Å². The molecule has 4 N–H and O–H groups in total. The molecule has 1 aromatic carbocycles. The van der Waals surface area contributed by atoms with Crippen molar-refractivity contribution in [2.45, 2.75) is 85.1 Å². The molecule has 1 saturated heterocycles. The SMILES string of the molecule is CC(NC(=O)CNC(=O)OC(C)(C)C)C(=O)Nc1ccc(COC=O)cc1.CCC.CN1CCC[C@H]1CO. The standard InChI is InChI=1S/C18H25N3O6.C6H13NO.C3H8/c1-12(20-15(23)9-19-17(25)27-18(2,3)4)16(24)21-14-7-5-13(6-8-14)10-26-11-22;1-7-4-2-3-6(7)5-8;1-3-2/h5-8,11-12H,9-10H2,1-4H3,(H,19,25)(H,20,23)(H,21,24);6,8H,2-5H2,1H3;3H2,1-2H3/t;6-;/m.0./s1. The van der Waals surface area contributed by atoms with E-state index in [9.17, 15) is 19.2 Å². The number of aliphatic hydroxyl groups excluding tert-OH is 1. The molecule has 1 aliphatic rings. The lowest BCUT2D eigenvalue weighted by Crippen LogP contribution is -2.46. The number of alkyl carbamates (subject to hydrolysis) is 1. The minimum Gasteiger partial charge on any atom is -0.463 e. The number of likely N-dealkylation sites (N-methyl/N-ethyl adjacent to an activating group) is 1. The van der Waals surface area contributed by atoms with Gasteiger partial charge < -0.3 is 35.4 Å². The fourth-order valence-corrected chi connectivity index (χ4v) is 3.10. The van der Waals surface area contributed by atoms with Crippen LogP contribution in [0.15, 0.2) is 24.3 Å². The third-order valence-electron chi connectivity index (χ3n) is 4.98. The molecule has 0 aliphatic carbocycles. The number of benzene rings is 1. The Bertz CT molecular complexity index is 841. The Morgan fingerprint density at radius 1 is 1.18 bits per heavy atom. The number of rotatable bonds is 9. The summed E-state index contributed by atoms with van der Waals surface area (Å²) < 4.78 is 9.65. The van der Waals surface area contributed by atoms with Crippen molar-refractivity contribution in [3.63, 3.8) is 0 Å². The maximum absolute atomic E-state index is 12.1. The number of likely N-dealkylation sites (tertiary alicyclic amines) is 1. The van der Waals surface area contributed by atoms with Crippen LogP contribution >= 0.6 is 0 Å². The van der Waals surface area contributed by atoms with Crippen molar-refractivity contribution in [2.75, 3.05) is 32.1 Å². The molecule has 1 fully saturated rings. The van der Waals surface area contributed by atoms with Gasteiger partial charge in [0.2, 0.25) is 11.8 Å². The van der Waals surface area contributed by atoms with Crippen molar-refractivity contribution in [2.24, 2.45) is 0 Å². The summed E-state index contributed by atoms with van der Waals surface area (Å²) in [6, 6.07) is 6.35.